The monoisotopic (exact) mass is 830 g/mol. The van der Waals surface area contributed by atoms with E-state index >= 15 is 0 Å². The van der Waals surface area contributed by atoms with Crippen molar-refractivity contribution in [3.8, 4) is 57.1 Å². The molecule has 0 saturated carbocycles. The Kier molecular flexibility index (Phi) is 8.97. The smallest absolute Gasteiger partial charge is 0.419 e. The van der Waals surface area contributed by atoms with Gasteiger partial charge in [0.15, 0.2) is 0 Å². The molecule has 304 valence electrons. The van der Waals surface area contributed by atoms with Crippen LogP contribution in [-0.4, -0.2) is 29.1 Å². The van der Waals surface area contributed by atoms with Gasteiger partial charge in [0.1, 0.15) is 34.6 Å². The van der Waals surface area contributed by atoms with Crippen LogP contribution in [0.15, 0.2) is 183 Å². The molecule has 5 heterocycles. The molecule has 0 fully saturated rings. The first kappa shape index (κ1) is 37.7. The van der Waals surface area contributed by atoms with Crippen LogP contribution in [0.4, 0.5) is 13.2 Å². The average Bonchev–Trinajstić information content (AvgIpc) is 3.81. The Balaban J connectivity index is 0.858. The van der Waals surface area contributed by atoms with E-state index in [9.17, 15) is 13.2 Å². The summed E-state index contributed by atoms with van der Waals surface area (Å²) in [7, 11) is 0. The first-order valence-electron chi connectivity index (χ1n) is 20.2. The van der Waals surface area contributed by atoms with E-state index < -0.39 is 11.7 Å². The number of aryl methyl sites for hydroxylation is 1. The van der Waals surface area contributed by atoms with Crippen molar-refractivity contribution in [2.24, 2.45) is 0 Å². The van der Waals surface area contributed by atoms with Gasteiger partial charge in [0.2, 0.25) is 0 Å². The number of halogens is 3. The largest absolute Gasteiger partial charge is 0.457 e. The fourth-order valence-corrected chi connectivity index (χ4v) is 8.33. The highest BCUT2D eigenvalue weighted by atomic mass is 19.4. The number of fused-ring (bicyclic) bond motifs is 6. The Bertz CT molecular complexity index is 3540. The second-order valence-corrected chi connectivity index (χ2v) is 15.1. The molecule has 0 atom stereocenters. The van der Waals surface area contributed by atoms with E-state index in [1.54, 1.807) is 35.2 Å². The zero-order valence-electron chi connectivity index (χ0n) is 33.5. The first-order chi connectivity index (χ1) is 30.8. The van der Waals surface area contributed by atoms with E-state index in [0.29, 0.717) is 45.4 Å². The topological polar surface area (TPSA) is 79.9 Å². The number of aromatic nitrogens is 6. The molecule has 0 bridgehead atoms. The molecular weight excluding hydrogens is 798 g/mol. The summed E-state index contributed by atoms with van der Waals surface area (Å²) >= 11 is 0. The summed E-state index contributed by atoms with van der Waals surface area (Å²) in [5.74, 6) is 2.98. The normalized spacial score (nSPS) is 11.8. The van der Waals surface area contributed by atoms with Crippen LogP contribution in [0, 0.1) is 6.92 Å². The fraction of sp³-hybridized carbons (Fsp3) is 0.0385. The number of benzene rings is 6. The van der Waals surface area contributed by atoms with Crippen molar-refractivity contribution in [2.75, 3.05) is 0 Å². The fourth-order valence-electron chi connectivity index (χ4n) is 8.33. The Hall–Kier alpha value is -8.31. The van der Waals surface area contributed by atoms with Crippen molar-refractivity contribution in [1.82, 2.24) is 29.1 Å². The molecule has 0 radical (unpaired) electrons. The number of pyridine rings is 2. The Morgan fingerprint density at radius 2 is 0.905 bits per heavy atom. The van der Waals surface area contributed by atoms with E-state index in [2.05, 4.69) is 46.8 Å². The maximum Gasteiger partial charge on any atom is 0.419 e. The number of hydrogen-bond donors (Lipinski definition) is 0. The SMILES string of the molecule is Cc1cccnc1-n1c2ccccc2c2ccc(Oc3cccc(-c4cnc(-c5cccc(Oc6ccc7c8ccccc8n(-c8ncccc8C(F)(F)F)c7c6)c5)cn4)c3)cc21. The van der Waals surface area contributed by atoms with E-state index in [1.807, 2.05) is 103 Å². The van der Waals surface area contributed by atoms with Crippen LogP contribution in [0.25, 0.3) is 77.8 Å². The third kappa shape index (κ3) is 6.76. The number of hydrogen-bond acceptors (Lipinski definition) is 6. The lowest BCUT2D eigenvalue weighted by molar-refractivity contribution is -0.137. The average molecular weight is 831 g/mol. The molecule has 0 unspecified atom stereocenters. The molecule has 11 heteroatoms. The molecule has 0 amide bonds. The zero-order chi connectivity index (χ0) is 42.7. The van der Waals surface area contributed by atoms with Gasteiger partial charge in [-0.2, -0.15) is 13.2 Å². The van der Waals surface area contributed by atoms with E-state index in [4.69, 9.17) is 24.4 Å². The molecule has 63 heavy (non-hydrogen) atoms. The predicted molar refractivity (Wildman–Crippen MR) is 240 cm³/mol. The number of nitrogens with zero attached hydrogens (tertiary/aromatic N) is 6. The van der Waals surface area contributed by atoms with Gasteiger partial charge in [-0.25, -0.2) is 9.97 Å². The Morgan fingerprint density at radius 1 is 0.429 bits per heavy atom. The van der Waals surface area contributed by atoms with Gasteiger partial charge in [-0.15, -0.1) is 0 Å². The molecule has 8 nitrogen and oxygen atoms in total. The van der Waals surface area contributed by atoms with Crippen molar-refractivity contribution >= 4 is 43.6 Å². The number of alkyl halides is 3. The second-order valence-electron chi connectivity index (χ2n) is 15.1. The lowest BCUT2D eigenvalue weighted by Crippen LogP contribution is -2.12. The summed E-state index contributed by atoms with van der Waals surface area (Å²) in [6, 6.07) is 48.7. The van der Waals surface area contributed by atoms with Crippen LogP contribution in [0.1, 0.15) is 11.1 Å². The molecule has 5 aromatic heterocycles. The number of ether oxygens (including phenoxy) is 2. The lowest BCUT2D eigenvalue weighted by Gasteiger charge is -2.14. The molecule has 0 aliphatic carbocycles. The van der Waals surface area contributed by atoms with Gasteiger partial charge in [-0.3, -0.25) is 19.1 Å². The van der Waals surface area contributed by atoms with E-state index in [0.717, 1.165) is 61.2 Å². The maximum absolute atomic E-state index is 14.2. The lowest BCUT2D eigenvalue weighted by atomic mass is 10.1. The van der Waals surface area contributed by atoms with Crippen LogP contribution < -0.4 is 9.47 Å². The molecule has 6 aromatic carbocycles. The van der Waals surface area contributed by atoms with E-state index in [1.165, 1.54) is 12.3 Å². The van der Waals surface area contributed by atoms with Gasteiger partial charge in [-0.05, 0) is 91.3 Å². The van der Waals surface area contributed by atoms with Gasteiger partial charge < -0.3 is 9.47 Å². The highest BCUT2D eigenvalue weighted by Gasteiger charge is 2.35. The third-order valence-electron chi connectivity index (χ3n) is 11.2. The van der Waals surface area contributed by atoms with Crippen molar-refractivity contribution in [2.45, 2.75) is 13.1 Å². The Morgan fingerprint density at radius 3 is 1.43 bits per heavy atom. The van der Waals surface area contributed by atoms with Crippen molar-refractivity contribution in [1.29, 1.82) is 0 Å². The van der Waals surface area contributed by atoms with Crippen molar-refractivity contribution in [3.05, 3.63) is 194 Å². The van der Waals surface area contributed by atoms with Gasteiger partial charge in [0.05, 0.1) is 51.4 Å². The highest BCUT2D eigenvalue weighted by Crippen LogP contribution is 2.40. The molecule has 0 N–H and O–H groups in total. The Labute approximate surface area is 358 Å². The molecule has 11 rings (SSSR count). The minimum atomic E-state index is -4.60. The molecule has 11 aromatic rings. The zero-order valence-corrected chi connectivity index (χ0v) is 33.5. The van der Waals surface area contributed by atoms with Crippen LogP contribution in [0.3, 0.4) is 0 Å². The van der Waals surface area contributed by atoms with E-state index in [-0.39, 0.29) is 5.82 Å². The van der Waals surface area contributed by atoms with Crippen LogP contribution in [0.2, 0.25) is 0 Å². The third-order valence-corrected chi connectivity index (χ3v) is 11.2. The highest BCUT2D eigenvalue weighted by molar-refractivity contribution is 6.10. The summed E-state index contributed by atoms with van der Waals surface area (Å²) in [5, 5.41) is 3.82. The van der Waals surface area contributed by atoms with Crippen molar-refractivity contribution in [3.63, 3.8) is 0 Å². The number of para-hydroxylation sites is 2. The first-order valence-corrected chi connectivity index (χ1v) is 20.2. The molecule has 0 aliphatic heterocycles. The predicted octanol–water partition coefficient (Wildman–Crippen LogP) is 13.7. The second kappa shape index (κ2) is 15.0. The van der Waals surface area contributed by atoms with Crippen LogP contribution >= 0.6 is 0 Å². The standard InChI is InChI=1S/C52H33F3N6O2/c1-32-10-8-24-56-50(32)60-46-18-4-2-15-39(46)41-22-20-37(28-48(41)60)62-35-13-6-11-33(26-35)44-30-59-45(31-58-44)34-12-7-14-36(27-34)63-38-21-23-42-40-16-3-5-19-47(40)61(49(42)29-38)51-43(52(53,54)55)17-9-25-57-51/h2-31H,1H3. The molecule has 0 spiro atoms. The minimum absolute atomic E-state index is 0.203. The van der Waals surface area contributed by atoms with Gasteiger partial charge in [-0.1, -0.05) is 66.7 Å². The summed E-state index contributed by atoms with van der Waals surface area (Å²) in [6.07, 6.45) is 2.02. The maximum atomic E-state index is 14.2. The van der Waals surface area contributed by atoms with Gasteiger partial charge >= 0.3 is 6.18 Å². The minimum Gasteiger partial charge on any atom is -0.457 e. The molecular formula is C52H33F3N6O2. The van der Waals surface area contributed by atoms with Crippen LogP contribution in [-0.2, 0) is 6.18 Å². The molecule has 0 aliphatic rings. The van der Waals surface area contributed by atoms with Crippen molar-refractivity contribution < 1.29 is 22.6 Å². The summed E-state index contributed by atoms with van der Waals surface area (Å²) in [5.41, 5.74) is 6.36. The van der Waals surface area contributed by atoms with Gasteiger partial charge in [0, 0.05) is 57.2 Å². The van der Waals surface area contributed by atoms with Gasteiger partial charge in [0.25, 0.3) is 0 Å². The van der Waals surface area contributed by atoms with Crippen LogP contribution in [0.5, 0.6) is 23.0 Å². The quantitative estimate of drug-likeness (QED) is 0.152. The summed E-state index contributed by atoms with van der Waals surface area (Å²) in [4.78, 5) is 18.5. The molecule has 0 saturated heterocycles. The number of rotatable bonds is 8. The summed E-state index contributed by atoms with van der Waals surface area (Å²) in [6.45, 7) is 2.06. The summed E-state index contributed by atoms with van der Waals surface area (Å²) < 4.78 is 59.2.